The van der Waals surface area contributed by atoms with E-state index in [1.165, 1.54) is 23.9 Å². The summed E-state index contributed by atoms with van der Waals surface area (Å²) >= 11 is 1.18. The van der Waals surface area contributed by atoms with Gasteiger partial charge < -0.3 is 5.32 Å². The van der Waals surface area contributed by atoms with E-state index in [2.05, 4.69) is 25.5 Å². The molecule has 10 heteroatoms. The van der Waals surface area contributed by atoms with Crippen molar-refractivity contribution in [2.75, 3.05) is 5.32 Å². The molecule has 0 radical (unpaired) electrons. The van der Waals surface area contributed by atoms with Crippen LogP contribution in [-0.2, 0) is 4.79 Å². The van der Waals surface area contributed by atoms with Crippen LogP contribution in [0.25, 0.3) is 11.4 Å². The summed E-state index contributed by atoms with van der Waals surface area (Å²) in [6.45, 7) is 3.49. The van der Waals surface area contributed by atoms with Gasteiger partial charge >= 0.3 is 0 Å². The van der Waals surface area contributed by atoms with E-state index < -0.39 is 10.2 Å². The average Bonchev–Trinajstić information content (AvgIpc) is 3.12. The van der Waals surface area contributed by atoms with E-state index in [0.29, 0.717) is 16.7 Å². The number of aromatic amines is 1. The molecule has 1 aromatic carbocycles. The van der Waals surface area contributed by atoms with Crippen molar-refractivity contribution in [3.05, 3.63) is 58.4 Å². The smallest absolute Gasteiger partial charge is 0.271 e. The number of pyridine rings is 1. The fraction of sp³-hybridized carbons (Fsp3) is 0.176. The summed E-state index contributed by atoms with van der Waals surface area (Å²) < 4.78 is 0. The second-order valence-electron chi connectivity index (χ2n) is 5.71. The van der Waals surface area contributed by atoms with E-state index in [9.17, 15) is 14.9 Å². The van der Waals surface area contributed by atoms with Crippen molar-refractivity contribution in [1.82, 2.24) is 20.2 Å². The molecule has 3 rings (SSSR count). The summed E-state index contributed by atoms with van der Waals surface area (Å²) in [6.07, 6.45) is 3.33. The van der Waals surface area contributed by atoms with Crippen molar-refractivity contribution in [3.63, 3.8) is 0 Å². The molecule has 0 aliphatic rings. The Hall–Kier alpha value is -3.27. The van der Waals surface area contributed by atoms with Crippen molar-refractivity contribution in [1.29, 1.82) is 0 Å². The first-order chi connectivity index (χ1) is 12.9. The second-order valence-corrected chi connectivity index (χ2v) is 7.02. The number of non-ortho nitro benzene ring substituents is 1. The minimum atomic E-state index is -0.499. The molecule has 2 heterocycles. The molecule has 0 saturated carbocycles. The highest BCUT2D eigenvalue weighted by atomic mass is 32.2. The van der Waals surface area contributed by atoms with E-state index in [0.717, 1.165) is 11.1 Å². The highest BCUT2D eigenvalue weighted by Gasteiger charge is 2.19. The highest BCUT2D eigenvalue weighted by Crippen LogP contribution is 2.25. The maximum Gasteiger partial charge on any atom is 0.271 e. The van der Waals surface area contributed by atoms with Crippen LogP contribution in [0.1, 0.15) is 12.5 Å². The summed E-state index contributed by atoms with van der Waals surface area (Å²) in [5, 5.41) is 20.5. The lowest BCUT2D eigenvalue weighted by Gasteiger charge is -2.12. The number of hydrogen-bond donors (Lipinski definition) is 2. The first kappa shape index (κ1) is 18.5. The zero-order valence-electron chi connectivity index (χ0n) is 14.5. The first-order valence-corrected chi connectivity index (χ1v) is 8.87. The molecule has 0 aliphatic heterocycles. The number of amides is 1. The van der Waals surface area contributed by atoms with Gasteiger partial charge in [0, 0.05) is 30.1 Å². The van der Waals surface area contributed by atoms with Gasteiger partial charge in [0.2, 0.25) is 11.1 Å². The first-order valence-electron chi connectivity index (χ1n) is 7.99. The van der Waals surface area contributed by atoms with Crippen LogP contribution in [-0.4, -0.2) is 36.2 Å². The fourth-order valence-corrected chi connectivity index (χ4v) is 2.96. The number of H-pyrrole nitrogens is 1. The number of benzene rings is 1. The quantitative estimate of drug-likeness (QED) is 0.379. The molecular weight excluding hydrogens is 368 g/mol. The number of nitrogens with one attached hydrogen (secondary N) is 2. The summed E-state index contributed by atoms with van der Waals surface area (Å²) in [7, 11) is 0. The Morgan fingerprint density at radius 3 is 2.89 bits per heavy atom. The number of aromatic nitrogens is 4. The predicted molar refractivity (Wildman–Crippen MR) is 101 cm³/mol. The van der Waals surface area contributed by atoms with Gasteiger partial charge in [-0.15, -0.1) is 5.10 Å². The van der Waals surface area contributed by atoms with Crippen molar-refractivity contribution < 1.29 is 9.72 Å². The Balaban J connectivity index is 1.67. The fourth-order valence-electron chi connectivity index (χ4n) is 2.24. The van der Waals surface area contributed by atoms with Crippen molar-refractivity contribution in [3.8, 4) is 11.4 Å². The third kappa shape index (κ3) is 4.47. The molecule has 0 saturated heterocycles. The van der Waals surface area contributed by atoms with E-state index in [4.69, 9.17) is 0 Å². The number of anilines is 1. The van der Waals surface area contributed by atoms with Crippen LogP contribution in [0.2, 0.25) is 0 Å². The highest BCUT2D eigenvalue weighted by molar-refractivity contribution is 8.00. The Morgan fingerprint density at radius 1 is 1.37 bits per heavy atom. The largest absolute Gasteiger partial charge is 0.325 e. The van der Waals surface area contributed by atoms with Gasteiger partial charge in [0.25, 0.3) is 5.69 Å². The molecule has 138 valence electrons. The molecule has 1 atom stereocenters. The maximum absolute atomic E-state index is 12.4. The minimum Gasteiger partial charge on any atom is -0.325 e. The molecule has 0 spiro atoms. The number of nitrogens with zero attached hydrogens (tertiary/aromatic N) is 4. The molecule has 2 N–H and O–H groups in total. The van der Waals surface area contributed by atoms with Gasteiger partial charge in [0.15, 0.2) is 5.82 Å². The summed E-state index contributed by atoms with van der Waals surface area (Å²) in [5.74, 6) is 0.268. The number of aryl methyl sites for hydroxylation is 1. The molecule has 2 aromatic heterocycles. The van der Waals surface area contributed by atoms with Gasteiger partial charge in [-0.25, -0.2) is 4.98 Å². The lowest BCUT2D eigenvalue weighted by molar-refractivity contribution is -0.384. The third-order valence-electron chi connectivity index (χ3n) is 3.74. The molecule has 0 aliphatic carbocycles. The van der Waals surface area contributed by atoms with Crippen LogP contribution in [0, 0.1) is 17.0 Å². The SMILES string of the molecule is Cc1ccc([N+](=O)[O-])cc1NC(=O)C(C)Sc1n[nH]c(-c2cccnc2)n1. The number of thioether (sulfide) groups is 1. The van der Waals surface area contributed by atoms with E-state index in [1.54, 1.807) is 38.4 Å². The molecule has 3 aromatic rings. The minimum absolute atomic E-state index is 0.0775. The average molecular weight is 384 g/mol. The zero-order chi connectivity index (χ0) is 19.4. The Kier molecular flexibility index (Phi) is 5.46. The Bertz CT molecular complexity index is 976. The molecule has 27 heavy (non-hydrogen) atoms. The van der Waals surface area contributed by atoms with Gasteiger partial charge in [0.05, 0.1) is 15.9 Å². The van der Waals surface area contributed by atoms with Crippen molar-refractivity contribution in [2.24, 2.45) is 0 Å². The standard InChI is InChI=1S/C17H16N6O3S/c1-10-5-6-13(23(25)26)8-14(10)19-16(24)11(2)27-17-20-15(21-22-17)12-4-3-7-18-9-12/h3-9,11H,1-2H3,(H,19,24)(H,20,21,22). The van der Waals surface area contributed by atoms with Gasteiger partial charge in [-0.3, -0.25) is 25.0 Å². The van der Waals surface area contributed by atoms with Gasteiger partial charge in [-0.1, -0.05) is 17.8 Å². The van der Waals surface area contributed by atoms with Crippen LogP contribution in [0.3, 0.4) is 0 Å². The number of nitro benzene ring substituents is 1. The number of nitro groups is 1. The molecule has 1 unspecified atom stereocenters. The van der Waals surface area contributed by atoms with Gasteiger partial charge in [-0.05, 0) is 31.5 Å². The summed E-state index contributed by atoms with van der Waals surface area (Å²) in [5.41, 5.74) is 1.86. The number of carbonyl (C=O) groups is 1. The van der Waals surface area contributed by atoms with E-state index >= 15 is 0 Å². The Labute approximate surface area is 158 Å². The monoisotopic (exact) mass is 384 g/mol. The lowest BCUT2D eigenvalue weighted by atomic mass is 10.2. The lowest BCUT2D eigenvalue weighted by Crippen LogP contribution is -2.23. The van der Waals surface area contributed by atoms with E-state index in [-0.39, 0.29) is 11.6 Å². The predicted octanol–water partition coefficient (Wildman–Crippen LogP) is 3.20. The van der Waals surface area contributed by atoms with Crippen LogP contribution >= 0.6 is 11.8 Å². The van der Waals surface area contributed by atoms with Crippen molar-refractivity contribution in [2.45, 2.75) is 24.3 Å². The van der Waals surface area contributed by atoms with Crippen LogP contribution in [0.4, 0.5) is 11.4 Å². The van der Waals surface area contributed by atoms with Gasteiger partial charge in [0.1, 0.15) is 0 Å². The molecule has 0 bridgehead atoms. The third-order valence-corrected chi connectivity index (χ3v) is 4.70. The Morgan fingerprint density at radius 2 is 2.19 bits per heavy atom. The zero-order valence-corrected chi connectivity index (χ0v) is 15.4. The molecule has 0 fully saturated rings. The van der Waals surface area contributed by atoms with Crippen LogP contribution in [0.15, 0.2) is 47.9 Å². The second kappa shape index (κ2) is 7.96. The van der Waals surface area contributed by atoms with Crippen LogP contribution in [0.5, 0.6) is 0 Å². The van der Waals surface area contributed by atoms with Crippen molar-refractivity contribution >= 4 is 29.0 Å². The van der Waals surface area contributed by atoms with Crippen LogP contribution < -0.4 is 5.32 Å². The topological polar surface area (TPSA) is 127 Å². The van der Waals surface area contributed by atoms with Gasteiger partial charge in [-0.2, -0.15) is 0 Å². The molecular formula is C17H16N6O3S. The number of hydrogen-bond acceptors (Lipinski definition) is 7. The number of rotatable bonds is 6. The number of carbonyl (C=O) groups excluding carboxylic acids is 1. The molecule has 9 nitrogen and oxygen atoms in total. The maximum atomic E-state index is 12.4. The summed E-state index contributed by atoms with van der Waals surface area (Å²) in [4.78, 5) is 31.2. The normalized spacial score (nSPS) is 11.8. The summed E-state index contributed by atoms with van der Waals surface area (Å²) in [6, 6.07) is 7.99. The van der Waals surface area contributed by atoms with E-state index in [1.807, 2.05) is 6.07 Å². The molecule has 1 amide bonds.